The Labute approximate surface area is 90.5 Å². The smallest absolute Gasteiger partial charge is 0.303 e. The number of likely N-dealkylation sites (N-methyl/N-ethyl adjacent to an activating group) is 2. The first-order valence-corrected chi connectivity index (χ1v) is 5.16. The van der Waals surface area contributed by atoms with Crippen LogP contribution in [0.3, 0.4) is 0 Å². The van der Waals surface area contributed by atoms with Crippen LogP contribution in [0.25, 0.3) is 0 Å². The van der Waals surface area contributed by atoms with E-state index in [0.29, 0.717) is 19.5 Å². The fraction of sp³-hybridized carbons (Fsp3) is 0.800. The van der Waals surface area contributed by atoms with Crippen molar-refractivity contribution in [3.8, 4) is 0 Å². The van der Waals surface area contributed by atoms with Crippen molar-refractivity contribution in [2.24, 2.45) is 0 Å². The molecule has 5 heteroatoms. The summed E-state index contributed by atoms with van der Waals surface area (Å²) < 4.78 is 0. The summed E-state index contributed by atoms with van der Waals surface area (Å²) in [5, 5.41) is 11.2. The molecule has 0 aliphatic heterocycles. The van der Waals surface area contributed by atoms with E-state index in [1.165, 1.54) is 0 Å². The number of rotatable bonds is 7. The van der Waals surface area contributed by atoms with Crippen LogP contribution in [-0.4, -0.2) is 48.1 Å². The second-order valence-electron chi connectivity index (χ2n) is 3.65. The van der Waals surface area contributed by atoms with Crippen LogP contribution >= 0.6 is 0 Å². The molecular formula is C10H20N2O3. The van der Waals surface area contributed by atoms with E-state index in [0.717, 1.165) is 0 Å². The van der Waals surface area contributed by atoms with Crippen LogP contribution in [0.15, 0.2) is 0 Å². The average molecular weight is 216 g/mol. The van der Waals surface area contributed by atoms with Gasteiger partial charge in [0.2, 0.25) is 5.91 Å². The predicted molar refractivity (Wildman–Crippen MR) is 57.6 cm³/mol. The lowest BCUT2D eigenvalue weighted by Gasteiger charge is -2.23. The van der Waals surface area contributed by atoms with E-state index >= 15 is 0 Å². The molecule has 1 unspecified atom stereocenters. The first kappa shape index (κ1) is 13.9. The molecule has 0 aromatic heterocycles. The lowest BCUT2D eigenvalue weighted by atomic mass is 10.1. The summed E-state index contributed by atoms with van der Waals surface area (Å²) in [6.45, 7) is 4.72. The van der Waals surface area contributed by atoms with E-state index in [9.17, 15) is 9.59 Å². The van der Waals surface area contributed by atoms with Gasteiger partial charge in [0.05, 0.1) is 6.54 Å². The first-order valence-electron chi connectivity index (χ1n) is 5.16. The maximum absolute atomic E-state index is 11.2. The molecule has 0 fully saturated rings. The minimum absolute atomic E-state index is 0.0258. The topological polar surface area (TPSA) is 69.6 Å². The number of carbonyl (C=O) groups is 2. The maximum Gasteiger partial charge on any atom is 0.303 e. The van der Waals surface area contributed by atoms with Gasteiger partial charge in [0, 0.05) is 19.0 Å². The Morgan fingerprint density at radius 1 is 1.47 bits per heavy atom. The standard InChI is InChI=1S/C10H20N2O3/c1-4-11-9(13)7-12(3)8(2)5-6-10(14)15/h8H,4-7H2,1-3H3,(H,11,13)(H,14,15). The van der Waals surface area contributed by atoms with Gasteiger partial charge in [-0.2, -0.15) is 0 Å². The van der Waals surface area contributed by atoms with Crippen molar-refractivity contribution in [1.82, 2.24) is 10.2 Å². The van der Waals surface area contributed by atoms with Crippen molar-refractivity contribution >= 4 is 11.9 Å². The van der Waals surface area contributed by atoms with E-state index < -0.39 is 5.97 Å². The van der Waals surface area contributed by atoms with Crippen molar-refractivity contribution in [1.29, 1.82) is 0 Å². The molecule has 0 spiro atoms. The Morgan fingerprint density at radius 2 is 2.07 bits per heavy atom. The Hall–Kier alpha value is -1.10. The molecular weight excluding hydrogens is 196 g/mol. The Balaban J connectivity index is 3.82. The monoisotopic (exact) mass is 216 g/mol. The number of hydrogen-bond acceptors (Lipinski definition) is 3. The van der Waals surface area contributed by atoms with Crippen molar-refractivity contribution in [3.05, 3.63) is 0 Å². The predicted octanol–water partition coefficient (Wildman–Crippen LogP) is 0.308. The molecule has 0 heterocycles. The number of hydrogen-bond donors (Lipinski definition) is 2. The molecule has 0 saturated carbocycles. The summed E-state index contributed by atoms with van der Waals surface area (Å²) in [7, 11) is 1.82. The van der Waals surface area contributed by atoms with Crippen molar-refractivity contribution in [2.75, 3.05) is 20.1 Å². The Morgan fingerprint density at radius 3 is 2.53 bits per heavy atom. The van der Waals surface area contributed by atoms with Crippen LogP contribution in [-0.2, 0) is 9.59 Å². The number of carboxylic acids is 1. The van der Waals surface area contributed by atoms with Crippen LogP contribution in [0.4, 0.5) is 0 Å². The fourth-order valence-electron chi connectivity index (χ4n) is 1.19. The van der Waals surface area contributed by atoms with E-state index in [1.54, 1.807) is 0 Å². The summed E-state index contributed by atoms with van der Waals surface area (Å²) >= 11 is 0. The van der Waals surface area contributed by atoms with Crippen LogP contribution in [0.2, 0.25) is 0 Å². The number of carboxylic acid groups (broad SMARTS) is 1. The van der Waals surface area contributed by atoms with Gasteiger partial charge in [0.1, 0.15) is 0 Å². The quantitative estimate of drug-likeness (QED) is 0.642. The Bertz CT molecular complexity index is 219. The molecule has 0 rings (SSSR count). The summed E-state index contributed by atoms with van der Waals surface area (Å²) in [4.78, 5) is 23.4. The van der Waals surface area contributed by atoms with Gasteiger partial charge in [0.25, 0.3) is 0 Å². The van der Waals surface area contributed by atoms with Crippen molar-refractivity contribution < 1.29 is 14.7 Å². The zero-order chi connectivity index (χ0) is 11.8. The molecule has 0 aliphatic carbocycles. The highest BCUT2D eigenvalue weighted by Crippen LogP contribution is 2.03. The highest BCUT2D eigenvalue weighted by atomic mass is 16.4. The molecule has 0 saturated heterocycles. The Kier molecular flexibility index (Phi) is 6.70. The SMILES string of the molecule is CCNC(=O)CN(C)C(C)CCC(=O)O. The first-order chi connectivity index (χ1) is 6.97. The van der Waals surface area contributed by atoms with E-state index in [4.69, 9.17) is 5.11 Å². The average Bonchev–Trinajstić information content (AvgIpc) is 2.14. The summed E-state index contributed by atoms with van der Waals surface area (Å²) in [5.74, 6) is -0.824. The number of nitrogens with zero attached hydrogens (tertiary/aromatic N) is 1. The molecule has 0 bridgehead atoms. The lowest BCUT2D eigenvalue weighted by Crippen LogP contribution is -2.39. The fourth-order valence-corrected chi connectivity index (χ4v) is 1.19. The second-order valence-corrected chi connectivity index (χ2v) is 3.65. The lowest BCUT2D eigenvalue weighted by molar-refractivity contribution is -0.137. The van der Waals surface area contributed by atoms with Gasteiger partial charge >= 0.3 is 5.97 Å². The maximum atomic E-state index is 11.2. The molecule has 0 aromatic rings. The van der Waals surface area contributed by atoms with Gasteiger partial charge in [0.15, 0.2) is 0 Å². The number of nitrogens with one attached hydrogen (secondary N) is 1. The molecule has 5 nitrogen and oxygen atoms in total. The van der Waals surface area contributed by atoms with Gasteiger partial charge < -0.3 is 10.4 Å². The molecule has 0 radical (unpaired) electrons. The van der Waals surface area contributed by atoms with E-state index in [2.05, 4.69) is 5.32 Å². The molecule has 0 aliphatic rings. The molecule has 1 atom stereocenters. The minimum Gasteiger partial charge on any atom is -0.481 e. The summed E-state index contributed by atoms with van der Waals surface area (Å²) in [6, 6.07) is 0.101. The summed E-state index contributed by atoms with van der Waals surface area (Å²) in [5.41, 5.74) is 0. The summed E-state index contributed by atoms with van der Waals surface area (Å²) in [6.07, 6.45) is 0.701. The second kappa shape index (κ2) is 7.23. The third-order valence-electron chi connectivity index (χ3n) is 2.30. The largest absolute Gasteiger partial charge is 0.481 e. The van der Waals surface area contributed by atoms with Crippen LogP contribution in [0, 0.1) is 0 Å². The van der Waals surface area contributed by atoms with Crippen LogP contribution in [0.5, 0.6) is 0 Å². The number of amides is 1. The number of aliphatic carboxylic acids is 1. The number of carbonyl (C=O) groups excluding carboxylic acids is 1. The minimum atomic E-state index is -0.798. The molecule has 1 amide bonds. The van der Waals surface area contributed by atoms with Gasteiger partial charge in [-0.1, -0.05) is 0 Å². The third-order valence-corrected chi connectivity index (χ3v) is 2.30. The van der Waals surface area contributed by atoms with Gasteiger partial charge in [-0.3, -0.25) is 14.5 Å². The van der Waals surface area contributed by atoms with Gasteiger partial charge in [-0.15, -0.1) is 0 Å². The molecule has 0 aromatic carbocycles. The third kappa shape index (κ3) is 6.90. The van der Waals surface area contributed by atoms with E-state index in [-0.39, 0.29) is 18.4 Å². The molecule has 88 valence electrons. The van der Waals surface area contributed by atoms with Crippen molar-refractivity contribution in [2.45, 2.75) is 32.7 Å². The highest BCUT2D eigenvalue weighted by molar-refractivity contribution is 5.77. The van der Waals surface area contributed by atoms with Gasteiger partial charge in [-0.25, -0.2) is 0 Å². The van der Waals surface area contributed by atoms with Crippen LogP contribution in [0.1, 0.15) is 26.7 Å². The zero-order valence-corrected chi connectivity index (χ0v) is 9.62. The normalized spacial score (nSPS) is 12.5. The van der Waals surface area contributed by atoms with Crippen LogP contribution < -0.4 is 5.32 Å². The van der Waals surface area contributed by atoms with E-state index in [1.807, 2.05) is 25.8 Å². The molecule has 15 heavy (non-hydrogen) atoms. The molecule has 2 N–H and O–H groups in total. The van der Waals surface area contributed by atoms with Crippen molar-refractivity contribution in [3.63, 3.8) is 0 Å². The zero-order valence-electron chi connectivity index (χ0n) is 9.62. The van der Waals surface area contributed by atoms with Gasteiger partial charge in [-0.05, 0) is 27.3 Å². The highest BCUT2D eigenvalue weighted by Gasteiger charge is 2.13.